The third-order valence-corrected chi connectivity index (χ3v) is 2.91. The summed E-state index contributed by atoms with van der Waals surface area (Å²) in [5.41, 5.74) is -1.69. The van der Waals surface area contributed by atoms with Gasteiger partial charge in [0.1, 0.15) is 5.82 Å². The fraction of sp³-hybridized carbons (Fsp3) is 0.417. The Bertz CT molecular complexity index is 464. The van der Waals surface area contributed by atoms with E-state index in [1.807, 2.05) is 0 Å². The lowest BCUT2D eigenvalue weighted by atomic mass is 10.1. The van der Waals surface area contributed by atoms with E-state index in [-0.39, 0.29) is 0 Å². The van der Waals surface area contributed by atoms with Crippen molar-refractivity contribution in [1.82, 2.24) is 4.90 Å². The number of alkyl halides is 3. The molecule has 0 atom stereocenters. The number of benzene rings is 1. The molecule has 0 N–H and O–H groups in total. The van der Waals surface area contributed by atoms with Crippen LogP contribution in [0.3, 0.4) is 0 Å². The summed E-state index contributed by atoms with van der Waals surface area (Å²) in [5.74, 6) is -1.68. The van der Waals surface area contributed by atoms with Gasteiger partial charge in [-0.25, -0.2) is 4.39 Å². The number of amides is 1. The molecule has 2 nitrogen and oxygen atoms in total. The highest BCUT2D eigenvalue weighted by atomic mass is 19.4. The van der Waals surface area contributed by atoms with Gasteiger partial charge in [-0.05, 0) is 31.0 Å². The highest BCUT2D eigenvalue weighted by Gasteiger charge is 2.37. The van der Waals surface area contributed by atoms with Crippen molar-refractivity contribution in [1.29, 1.82) is 0 Å². The van der Waals surface area contributed by atoms with Crippen LogP contribution in [0, 0.1) is 5.82 Å². The van der Waals surface area contributed by atoms with Gasteiger partial charge < -0.3 is 4.90 Å². The Labute approximate surface area is 101 Å². The number of hydrogen-bond donors (Lipinski definition) is 0. The molecule has 0 saturated carbocycles. The quantitative estimate of drug-likeness (QED) is 0.711. The molecule has 0 radical (unpaired) electrons. The summed E-state index contributed by atoms with van der Waals surface area (Å²) in [4.78, 5) is 13.3. The minimum atomic E-state index is -4.73. The summed E-state index contributed by atoms with van der Waals surface area (Å²) >= 11 is 0. The van der Waals surface area contributed by atoms with Crippen LogP contribution in [0.4, 0.5) is 17.6 Å². The van der Waals surface area contributed by atoms with Gasteiger partial charge in [0, 0.05) is 13.1 Å². The summed E-state index contributed by atoms with van der Waals surface area (Å²) in [6, 6.07) is 2.14. The average molecular weight is 261 g/mol. The molecule has 18 heavy (non-hydrogen) atoms. The molecule has 0 spiro atoms. The first-order valence-electron chi connectivity index (χ1n) is 5.55. The Hall–Kier alpha value is -1.59. The summed E-state index contributed by atoms with van der Waals surface area (Å²) in [5, 5.41) is 0. The van der Waals surface area contributed by atoms with E-state index >= 15 is 0 Å². The van der Waals surface area contributed by atoms with Crippen molar-refractivity contribution < 1.29 is 22.4 Å². The Morgan fingerprint density at radius 1 is 1.17 bits per heavy atom. The molecule has 1 aliphatic heterocycles. The van der Waals surface area contributed by atoms with Crippen molar-refractivity contribution >= 4 is 5.91 Å². The number of carbonyl (C=O) groups is 1. The molecular formula is C12H11F4NO. The van der Waals surface area contributed by atoms with E-state index in [4.69, 9.17) is 0 Å². The molecule has 0 aromatic heterocycles. The average Bonchev–Trinajstić information content (AvgIpc) is 2.80. The molecule has 1 heterocycles. The van der Waals surface area contributed by atoms with Crippen molar-refractivity contribution in [2.75, 3.05) is 13.1 Å². The predicted molar refractivity (Wildman–Crippen MR) is 56.5 cm³/mol. The first-order chi connectivity index (χ1) is 8.39. The van der Waals surface area contributed by atoms with Gasteiger partial charge >= 0.3 is 6.18 Å². The largest absolute Gasteiger partial charge is 0.417 e. The number of likely N-dealkylation sites (tertiary alicyclic amines) is 1. The second kappa shape index (κ2) is 4.59. The maximum absolute atomic E-state index is 12.9. The summed E-state index contributed by atoms with van der Waals surface area (Å²) in [7, 11) is 0. The highest BCUT2D eigenvalue weighted by molar-refractivity contribution is 5.96. The molecule has 0 unspecified atom stereocenters. The maximum atomic E-state index is 12.9. The molecule has 2 rings (SSSR count). The second-order valence-corrected chi connectivity index (χ2v) is 4.19. The van der Waals surface area contributed by atoms with Crippen LogP contribution in [0.25, 0.3) is 0 Å². The van der Waals surface area contributed by atoms with E-state index in [1.54, 1.807) is 0 Å². The zero-order valence-corrected chi connectivity index (χ0v) is 9.43. The fourth-order valence-electron chi connectivity index (χ4n) is 2.03. The van der Waals surface area contributed by atoms with Gasteiger partial charge in [0.05, 0.1) is 11.1 Å². The van der Waals surface area contributed by atoms with Crippen LogP contribution >= 0.6 is 0 Å². The van der Waals surface area contributed by atoms with Crippen molar-refractivity contribution in [2.24, 2.45) is 0 Å². The Kier molecular flexibility index (Phi) is 3.28. The van der Waals surface area contributed by atoms with E-state index in [0.29, 0.717) is 19.2 Å². The van der Waals surface area contributed by atoms with Crippen LogP contribution in [0.15, 0.2) is 18.2 Å². The molecule has 1 fully saturated rings. The molecule has 1 amide bonds. The van der Waals surface area contributed by atoms with E-state index in [9.17, 15) is 22.4 Å². The molecule has 1 aliphatic rings. The highest BCUT2D eigenvalue weighted by Crippen LogP contribution is 2.33. The van der Waals surface area contributed by atoms with Crippen LogP contribution in [-0.2, 0) is 6.18 Å². The van der Waals surface area contributed by atoms with E-state index < -0.39 is 29.0 Å². The van der Waals surface area contributed by atoms with Gasteiger partial charge in [-0.15, -0.1) is 0 Å². The predicted octanol–water partition coefficient (Wildman–Crippen LogP) is 3.08. The normalized spacial score (nSPS) is 16.1. The molecule has 1 aromatic carbocycles. The zero-order chi connectivity index (χ0) is 13.3. The van der Waals surface area contributed by atoms with Gasteiger partial charge in [0.15, 0.2) is 0 Å². The van der Waals surface area contributed by atoms with Gasteiger partial charge in [0.2, 0.25) is 0 Å². The van der Waals surface area contributed by atoms with Crippen LogP contribution in [0.1, 0.15) is 28.8 Å². The maximum Gasteiger partial charge on any atom is 0.417 e. The molecular weight excluding hydrogens is 250 g/mol. The monoisotopic (exact) mass is 261 g/mol. The number of hydrogen-bond acceptors (Lipinski definition) is 1. The molecule has 1 saturated heterocycles. The number of halogens is 4. The van der Waals surface area contributed by atoms with Crippen LogP contribution in [0.5, 0.6) is 0 Å². The van der Waals surface area contributed by atoms with Crippen LogP contribution < -0.4 is 0 Å². The Morgan fingerprint density at radius 2 is 1.78 bits per heavy atom. The number of rotatable bonds is 1. The SMILES string of the molecule is O=C(c1ccc(F)cc1C(F)(F)F)N1CCCC1. The standard InChI is InChI=1S/C12H11F4NO/c13-8-3-4-9(10(7-8)12(14,15)16)11(18)17-5-1-2-6-17/h3-4,7H,1-2,5-6H2. The van der Waals surface area contributed by atoms with Crippen molar-refractivity contribution in [2.45, 2.75) is 19.0 Å². The summed E-state index contributed by atoms with van der Waals surface area (Å²) < 4.78 is 51.1. The molecule has 98 valence electrons. The van der Waals surface area contributed by atoms with Crippen molar-refractivity contribution in [3.63, 3.8) is 0 Å². The minimum Gasteiger partial charge on any atom is -0.339 e. The van der Waals surface area contributed by atoms with Crippen molar-refractivity contribution in [3.05, 3.63) is 35.1 Å². The van der Waals surface area contributed by atoms with Gasteiger partial charge in [-0.1, -0.05) is 0 Å². The Morgan fingerprint density at radius 3 is 2.33 bits per heavy atom. The number of carbonyl (C=O) groups excluding carboxylic acids is 1. The van der Waals surface area contributed by atoms with Crippen LogP contribution in [-0.4, -0.2) is 23.9 Å². The lowest BCUT2D eigenvalue weighted by Crippen LogP contribution is -2.29. The molecule has 6 heteroatoms. The number of nitrogens with zero attached hydrogens (tertiary/aromatic N) is 1. The smallest absolute Gasteiger partial charge is 0.339 e. The van der Waals surface area contributed by atoms with Crippen LogP contribution in [0.2, 0.25) is 0 Å². The first kappa shape index (κ1) is 12.9. The second-order valence-electron chi connectivity index (χ2n) is 4.19. The lowest BCUT2D eigenvalue weighted by Gasteiger charge is -2.18. The molecule has 0 bridgehead atoms. The van der Waals surface area contributed by atoms with E-state index in [2.05, 4.69) is 0 Å². The lowest BCUT2D eigenvalue weighted by molar-refractivity contribution is -0.138. The topological polar surface area (TPSA) is 20.3 Å². The van der Waals surface area contributed by atoms with E-state index in [1.165, 1.54) is 4.90 Å². The van der Waals surface area contributed by atoms with Gasteiger partial charge in [0.25, 0.3) is 5.91 Å². The summed E-state index contributed by atoms with van der Waals surface area (Å²) in [6.07, 6.45) is -3.16. The third kappa shape index (κ3) is 2.47. The fourth-order valence-corrected chi connectivity index (χ4v) is 2.03. The Balaban J connectivity index is 2.40. The third-order valence-electron chi connectivity index (χ3n) is 2.91. The molecule has 0 aliphatic carbocycles. The van der Waals surface area contributed by atoms with Crippen molar-refractivity contribution in [3.8, 4) is 0 Å². The molecule has 1 aromatic rings. The first-order valence-corrected chi connectivity index (χ1v) is 5.55. The summed E-state index contributed by atoms with van der Waals surface area (Å²) in [6.45, 7) is 0.904. The zero-order valence-electron chi connectivity index (χ0n) is 9.43. The van der Waals surface area contributed by atoms with Gasteiger partial charge in [-0.2, -0.15) is 13.2 Å². The van der Waals surface area contributed by atoms with Gasteiger partial charge in [-0.3, -0.25) is 4.79 Å². The van der Waals surface area contributed by atoms with E-state index in [0.717, 1.165) is 25.0 Å². The minimum absolute atomic E-state index is 0.364.